The van der Waals surface area contributed by atoms with Gasteiger partial charge in [0.2, 0.25) is 0 Å². The first-order valence-corrected chi connectivity index (χ1v) is 6.34. The lowest BCUT2D eigenvalue weighted by molar-refractivity contribution is 0.235. The molecule has 1 saturated carbocycles. The van der Waals surface area contributed by atoms with Gasteiger partial charge in [0.15, 0.2) is 0 Å². The van der Waals surface area contributed by atoms with Crippen molar-refractivity contribution in [3.05, 3.63) is 0 Å². The maximum Gasteiger partial charge on any atom is 0.312 e. The van der Waals surface area contributed by atoms with Crippen LogP contribution in [0.4, 0.5) is 4.79 Å². The van der Waals surface area contributed by atoms with Crippen molar-refractivity contribution < 1.29 is 4.79 Å². The second kappa shape index (κ2) is 6.74. The molecule has 0 spiro atoms. The molecule has 94 valence electrons. The summed E-state index contributed by atoms with van der Waals surface area (Å²) in [7, 11) is 0. The predicted octanol–water partition coefficient (Wildman–Crippen LogP) is 1.46. The average Bonchev–Trinajstić information content (AvgIpc) is 2.25. The highest BCUT2D eigenvalue weighted by atomic mass is 16.2. The van der Waals surface area contributed by atoms with E-state index in [-0.39, 0.29) is 0 Å². The first kappa shape index (κ1) is 13.3. The fraction of sp³-hybridized carbons (Fsp3) is 0.917. The number of hydrogen-bond donors (Lipinski definition) is 3. The van der Waals surface area contributed by atoms with Crippen LogP contribution in [-0.2, 0) is 0 Å². The summed E-state index contributed by atoms with van der Waals surface area (Å²) in [5.41, 5.74) is 5.06. The molecule has 4 heteroatoms. The van der Waals surface area contributed by atoms with Crippen LogP contribution in [0.1, 0.15) is 39.5 Å². The Bertz CT molecular complexity index is 210. The molecule has 1 aliphatic rings. The van der Waals surface area contributed by atoms with Gasteiger partial charge in [-0.1, -0.05) is 13.8 Å². The van der Waals surface area contributed by atoms with Crippen molar-refractivity contribution in [2.75, 3.05) is 13.1 Å². The third kappa shape index (κ3) is 5.35. The van der Waals surface area contributed by atoms with E-state index in [0.717, 1.165) is 19.0 Å². The zero-order valence-corrected chi connectivity index (χ0v) is 10.5. The van der Waals surface area contributed by atoms with E-state index in [0.29, 0.717) is 12.0 Å². The molecule has 0 heterocycles. The Morgan fingerprint density at radius 1 is 1.19 bits per heavy atom. The van der Waals surface area contributed by atoms with Crippen molar-refractivity contribution in [1.82, 2.24) is 10.6 Å². The van der Waals surface area contributed by atoms with Crippen molar-refractivity contribution in [1.29, 1.82) is 0 Å². The topological polar surface area (TPSA) is 67.2 Å². The van der Waals surface area contributed by atoms with Gasteiger partial charge in [0.05, 0.1) is 0 Å². The Morgan fingerprint density at radius 3 is 2.12 bits per heavy atom. The van der Waals surface area contributed by atoms with Gasteiger partial charge in [0.1, 0.15) is 0 Å². The van der Waals surface area contributed by atoms with Crippen LogP contribution >= 0.6 is 0 Å². The van der Waals surface area contributed by atoms with E-state index in [1.807, 2.05) is 0 Å². The van der Waals surface area contributed by atoms with Gasteiger partial charge in [-0.15, -0.1) is 0 Å². The number of nitrogens with one attached hydrogen (secondary N) is 2. The summed E-state index contributed by atoms with van der Waals surface area (Å²) in [4.78, 5) is 10.6. The molecule has 2 amide bonds. The summed E-state index contributed by atoms with van der Waals surface area (Å²) in [5, 5.41) is 6.19. The van der Waals surface area contributed by atoms with Gasteiger partial charge >= 0.3 is 6.03 Å². The normalized spacial score (nSPS) is 25.7. The standard InChI is InChI=1S/C12H25N3O/c1-9(2)14-7-10-3-5-11(6-4-10)8-15-12(13)16/h9-11,14H,3-8H2,1-2H3,(H3,13,15,16)/t10-,11-. The highest BCUT2D eigenvalue weighted by Gasteiger charge is 2.21. The largest absolute Gasteiger partial charge is 0.352 e. The Balaban J connectivity index is 2.11. The van der Waals surface area contributed by atoms with Gasteiger partial charge in [0, 0.05) is 12.6 Å². The molecule has 1 rings (SSSR count). The van der Waals surface area contributed by atoms with E-state index in [2.05, 4.69) is 24.5 Å². The van der Waals surface area contributed by atoms with Crippen LogP contribution in [0, 0.1) is 11.8 Å². The van der Waals surface area contributed by atoms with Gasteiger partial charge < -0.3 is 16.4 Å². The lowest BCUT2D eigenvalue weighted by atomic mass is 9.82. The summed E-state index contributed by atoms with van der Waals surface area (Å²) in [5.74, 6) is 1.44. The Labute approximate surface area is 98.3 Å². The first-order chi connectivity index (χ1) is 7.58. The Kier molecular flexibility index (Phi) is 5.60. The highest BCUT2D eigenvalue weighted by Crippen LogP contribution is 2.27. The number of carbonyl (C=O) groups excluding carboxylic acids is 1. The quantitative estimate of drug-likeness (QED) is 0.665. The average molecular weight is 227 g/mol. The molecule has 0 radical (unpaired) electrons. The van der Waals surface area contributed by atoms with Crippen LogP contribution in [0.5, 0.6) is 0 Å². The molecule has 1 fully saturated rings. The third-order valence-electron chi connectivity index (χ3n) is 3.35. The van der Waals surface area contributed by atoms with Gasteiger partial charge in [-0.05, 0) is 44.1 Å². The zero-order valence-electron chi connectivity index (χ0n) is 10.5. The van der Waals surface area contributed by atoms with Gasteiger partial charge in [-0.25, -0.2) is 4.79 Å². The SMILES string of the molecule is CC(C)NC[C@H]1CC[C@H](CNC(N)=O)CC1. The van der Waals surface area contributed by atoms with Crippen LogP contribution in [0.15, 0.2) is 0 Å². The summed E-state index contributed by atoms with van der Waals surface area (Å²) in [6, 6.07) is 0.179. The van der Waals surface area contributed by atoms with E-state index < -0.39 is 6.03 Å². The van der Waals surface area contributed by atoms with E-state index in [1.165, 1.54) is 25.7 Å². The van der Waals surface area contributed by atoms with Crippen LogP contribution in [-0.4, -0.2) is 25.2 Å². The molecule has 0 unspecified atom stereocenters. The monoisotopic (exact) mass is 227 g/mol. The van der Waals surface area contributed by atoms with E-state index in [4.69, 9.17) is 5.73 Å². The molecule has 0 aromatic carbocycles. The summed E-state index contributed by atoms with van der Waals surface area (Å²) in [6.07, 6.45) is 4.96. The molecule has 0 aliphatic heterocycles. The lowest BCUT2D eigenvalue weighted by Gasteiger charge is -2.29. The number of urea groups is 1. The molecule has 4 N–H and O–H groups in total. The van der Waals surface area contributed by atoms with Gasteiger partial charge in [0.25, 0.3) is 0 Å². The minimum absolute atomic E-state index is 0.399. The molecule has 0 aromatic heterocycles. The van der Waals surface area contributed by atoms with Crippen LogP contribution < -0.4 is 16.4 Å². The molecule has 4 nitrogen and oxygen atoms in total. The fourth-order valence-electron chi connectivity index (χ4n) is 2.29. The Morgan fingerprint density at radius 2 is 1.69 bits per heavy atom. The molecule has 1 aliphatic carbocycles. The third-order valence-corrected chi connectivity index (χ3v) is 3.35. The molecular formula is C12H25N3O. The maximum atomic E-state index is 10.6. The van der Waals surface area contributed by atoms with Crippen LogP contribution in [0.25, 0.3) is 0 Å². The molecule has 0 aromatic rings. The van der Waals surface area contributed by atoms with Crippen molar-refractivity contribution in [2.45, 2.75) is 45.6 Å². The minimum atomic E-state index is -0.399. The van der Waals surface area contributed by atoms with Crippen molar-refractivity contribution in [3.63, 3.8) is 0 Å². The number of amides is 2. The number of nitrogens with two attached hydrogens (primary N) is 1. The minimum Gasteiger partial charge on any atom is -0.352 e. The zero-order chi connectivity index (χ0) is 12.0. The summed E-state index contributed by atoms with van der Waals surface area (Å²) < 4.78 is 0. The van der Waals surface area contributed by atoms with E-state index in [1.54, 1.807) is 0 Å². The number of hydrogen-bond acceptors (Lipinski definition) is 2. The molecule has 0 atom stereocenters. The fourth-order valence-corrected chi connectivity index (χ4v) is 2.29. The number of carbonyl (C=O) groups is 1. The molecule has 0 saturated heterocycles. The molecule has 0 bridgehead atoms. The second-order valence-electron chi connectivity index (χ2n) is 5.19. The van der Waals surface area contributed by atoms with Crippen LogP contribution in [0.2, 0.25) is 0 Å². The van der Waals surface area contributed by atoms with Gasteiger partial charge in [-0.2, -0.15) is 0 Å². The smallest absolute Gasteiger partial charge is 0.312 e. The summed E-state index contributed by atoms with van der Waals surface area (Å²) >= 11 is 0. The predicted molar refractivity (Wildman–Crippen MR) is 66.2 cm³/mol. The number of rotatable bonds is 5. The summed E-state index contributed by atoms with van der Waals surface area (Å²) in [6.45, 7) is 6.25. The number of primary amides is 1. The highest BCUT2D eigenvalue weighted by molar-refractivity contribution is 5.71. The van der Waals surface area contributed by atoms with Crippen molar-refractivity contribution in [2.24, 2.45) is 17.6 Å². The first-order valence-electron chi connectivity index (χ1n) is 6.34. The molecule has 16 heavy (non-hydrogen) atoms. The van der Waals surface area contributed by atoms with Gasteiger partial charge in [-0.3, -0.25) is 0 Å². The lowest BCUT2D eigenvalue weighted by Crippen LogP contribution is -2.36. The van der Waals surface area contributed by atoms with Crippen molar-refractivity contribution in [3.8, 4) is 0 Å². The second-order valence-corrected chi connectivity index (χ2v) is 5.19. The molecular weight excluding hydrogens is 202 g/mol. The Hall–Kier alpha value is -0.770. The van der Waals surface area contributed by atoms with E-state index in [9.17, 15) is 4.79 Å². The maximum absolute atomic E-state index is 10.6. The van der Waals surface area contributed by atoms with Crippen molar-refractivity contribution >= 4 is 6.03 Å². The van der Waals surface area contributed by atoms with E-state index >= 15 is 0 Å². The van der Waals surface area contributed by atoms with Crippen LogP contribution in [0.3, 0.4) is 0 Å².